The maximum absolute atomic E-state index is 7.81. The van der Waals surface area contributed by atoms with E-state index < -0.39 is 0 Å². The molecule has 3 saturated carbocycles. The summed E-state index contributed by atoms with van der Waals surface area (Å²) in [6, 6.07) is 0. The van der Waals surface area contributed by atoms with E-state index in [0.717, 1.165) is 36.0 Å². The summed E-state index contributed by atoms with van der Waals surface area (Å²) >= 11 is 0. The third-order valence-corrected chi connectivity index (χ3v) is 7.85. The first-order valence-corrected chi connectivity index (χ1v) is 9.44. The minimum Gasteiger partial charge on any atom is -0.310 e. The fourth-order valence-corrected chi connectivity index (χ4v) is 7.07. The summed E-state index contributed by atoms with van der Waals surface area (Å²) in [6.07, 6.45) is 10.5. The SMILES string of the molecule is [C-]#[N+][C@@]1(C)CC[C@H]2[C@H]3[C@H]4C(=C[C@@H]2C)CC(C)(C)C[C@@H]4CC[C@H]31. The lowest BCUT2D eigenvalue weighted by atomic mass is 9.44. The fourth-order valence-electron chi connectivity index (χ4n) is 7.07. The molecule has 0 aromatic heterocycles. The molecule has 4 aliphatic carbocycles. The van der Waals surface area contributed by atoms with Crippen molar-refractivity contribution in [2.24, 2.45) is 40.9 Å². The second-order valence-corrected chi connectivity index (χ2v) is 9.86. The van der Waals surface area contributed by atoms with Gasteiger partial charge in [0, 0.05) is 19.3 Å². The van der Waals surface area contributed by atoms with Crippen LogP contribution in [-0.2, 0) is 0 Å². The molecule has 0 N–H and O–H groups in total. The molecule has 1 heteroatoms. The lowest BCUT2D eigenvalue weighted by Crippen LogP contribution is -2.56. The molecule has 0 radical (unpaired) electrons. The van der Waals surface area contributed by atoms with Gasteiger partial charge in [0.1, 0.15) is 0 Å². The van der Waals surface area contributed by atoms with E-state index in [4.69, 9.17) is 6.57 Å². The molecule has 0 unspecified atom stereocenters. The fraction of sp³-hybridized carbons (Fsp3) is 0.857. The topological polar surface area (TPSA) is 4.36 Å². The first kappa shape index (κ1) is 14.8. The normalized spacial score (nSPS) is 52.2. The summed E-state index contributed by atoms with van der Waals surface area (Å²) in [5.74, 6) is 4.81. The van der Waals surface area contributed by atoms with Gasteiger partial charge < -0.3 is 4.85 Å². The largest absolute Gasteiger partial charge is 0.310 e. The van der Waals surface area contributed by atoms with Gasteiger partial charge in [0.05, 0.1) is 0 Å². The zero-order valence-electron chi connectivity index (χ0n) is 14.7. The molecule has 3 fully saturated rings. The Morgan fingerprint density at radius 3 is 2.68 bits per heavy atom. The highest BCUT2D eigenvalue weighted by molar-refractivity contribution is 5.26. The maximum Gasteiger partial charge on any atom is 0.233 e. The highest BCUT2D eigenvalue weighted by Gasteiger charge is 2.60. The van der Waals surface area contributed by atoms with E-state index in [0.29, 0.717) is 11.3 Å². The van der Waals surface area contributed by atoms with Gasteiger partial charge in [-0.25, -0.2) is 6.57 Å². The summed E-state index contributed by atoms with van der Waals surface area (Å²) in [6.45, 7) is 17.5. The van der Waals surface area contributed by atoms with Crippen molar-refractivity contribution in [2.45, 2.75) is 71.8 Å². The molecule has 0 heterocycles. The van der Waals surface area contributed by atoms with E-state index in [-0.39, 0.29) is 5.54 Å². The van der Waals surface area contributed by atoms with Crippen molar-refractivity contribution in [1.29, 1.82) is 0 Å². The molecule has 0 aromatic rings. The Labute approximate surface area is 136 Å². The van der Waals surface area contributed by atoms with Crippen molar-refractivity contribution in [3.63, 3.8) is 0 Å². The smallest absolute Gasteiger partial charge is 0.233 e. The van der Waals surface area contributed by atoms with Crippen LogP contribution in [-0.4, -0.2) is 5.54 Å². The van der Waals surface area contributed by atoms with Crippen molar-refractivity contribution in [1.82, 2.24) is 0 Å². The molecule has 0 spiro atoms. The molecular formula is C21H31N. The standard InChI is InChI=1S/C21H31N/c1-13-10-15-12-20(2,3)11-14-6-7-17-19(18(14)15)16(13)8-9-21(17,4)22-5/h10,13-14,16-19H,6-9,11-12H2,1-4H3/t13-,14-,16+,17+,18+,19+,21-/m0/s1. The van der Waals surface area contributed by atoms with Crippen LogP contribution in [0.2, 0.25) is 0 Å². The van der Waals surface area contributed by atoms with Gasteiger partial charge in [-0.05, 0) is 67.1 Å². The molecule has 7 atom stereocenters. The van der Waals surface area contributed by atoms with Crippen LogP contribution in [0.4, 0.5) is 0 Å². The molecule has 22 heavy (non-hydrogen) atoms. The summed E-state index contributed by atoms with van der Waals surface area (Å²) < 4.78 is 0. The molecule has 1 nitrogen and oxygen atoms in total. The molecular weight excluding hydrogens is 266 g/mol. The van der Waals surface area contributed by atoms with Crippen molar-refractivity contribution in [2.75, 3.05) is 0 Å². The first-order valence-electron chi connectivity index (χ1n) is 9.44. The Balaban J connectivity index is 1.78. The zero-order valence-corrected chi connectivity index (χ0v) is 14.7. The van der Waals surface area contributed by atoms with Gasteiger partial charge in [-0.3, -0.25) is 0 Å². The van der Waals surface area contributed by atoms with E-state index in [1.54, 1.807) is 5.57 Å². The second kappa shape index (κ2) is 4.62. The van der Waals surface area contributed by atoms with Crippen LogP contribution in [0.25, 0.3) is 4.85 Å². The summed E-state index contributed by atoms with van der Waals surface area (Å²) in [4.78, 5) is 4.17. The number of allylic oxidation sites excluding steroid dienone is 2. The Morgan fingerprint density at radius 2 is 1.95 bits per heavy atom. The zero-order chi connectivity index (χ0) is 15.7. The predicted molar refractivity (Wildman–Crippen MR) is 91.2 cm³/mol. The highest BCUT2D eigenvalue weighted by Crippen LogP contribution is 2.64. The quantitative estimate of drug-likeness (QED) is 0.397. The average Bonchev–Trinajstić information content (AvgIpc) is 2.45. The van der Waals surface area contributed by atoms with Gasteiger partial charge in [0.15, 0.2) is 0 Å². The lowest BCUT2D eigenvalue weighted by molar-refractivity contribution is -0.0511. The first-order chi connectivity index (χ1) is 10.3. The lowest BCUT2D eigenvalue weighted by Gasteiger charge is -2.59. The molecule has 0 aliphatic heterocycles. The van der Waals surface area contributed by atoms with Crippen LogP contribution in [0.1, 0.15) is 66.2 Å². The van der Waals surface area contributed by atoms with Gasteiger partial charge in [-0.15, -0.1) is 0 Å². The van der Waals surface area contributed by atoms with Gasteiger partial charge in [0.25, 0.3) is 0 Å². The highest BCUT2D eigenvalue weighted by atomic mass is 14.8. The Hall–Kier alpha value is -0.770. The molecule has 4 rings (SSSR count). The van der Waals surface area contributed by atoms with Crippen LogP contribution in [0.15, 0.2) is 11.6 Å². The van der Waals surface area contributed by atoms with E-state index in [1.807, 2.05) is 0 Å². The number of hydrogen-bond acceptors (Lipinski definition) is 0. The van der Waals surface area contributed by atoms with Crippen LogP contribution in [0, 0.1) is 47.5 Å². The summed E-state index contributed by atoms with van der Waals surface area (Å²) in [5, 5.41) is 0. The van der Waals surface area contributed by atoms with Crippen molar-refractivity contribution < 1.29 is 0 Å². The van der Waals surface area contributed by atoms with Gasteiger partial charge in [-0.1, -0.05) is 32.4 Å². The van der Waals surface area contributed by atoms with Crippen LogP contribution in [0.5, 0.6) is 0 Å². The predicted octanol–water partition coefficient (Wildman–Crippen LogP) is 5.73. The minimum absolute atomic E-state index is 0.0682. The van der Waals surface area contributed by atoms with Crippen molar-refractivity contribution in [3.8, 4) is 0 Å². The third-order valence-electron chi connectivity index (χ3n) is 7.85. The molecule has 0 aromatic carbocycles. The molecule has 120 valence electrons. The average molecular weight is 297 g/mol. The van der Waals surface area contributed by atoms with Crippen LogP contribution < -0.4 is 0 Å². The van der Waals surface area contributed by atoms with E-state index >= 15 is 0 Å². The number of rotatable bonds is 0. The van der Waals surface area contributed by atoms with E-state index in [1.165, 1.54) is 32.1 Å². The molecule has 0 saturated heterocycles. The summed E-state index contributed by atoms with van der Waals surface area (Å²) in [7, 11) is 0. The Kier molecular flexibility index (Phi) is 3.11. The molecule has 0 amide bonds. The summed E-state index contributed by atoms with van der Waals surface area (Å²) in [5.41, 5.74) is 2.21. The second-order valence-electron chi connectivity index (χ2n) is 9.86. The van der Waals surface area contributed by atoms with Gasteiger partial charge in [-0.2, -0.15) is 0 Å². The van der Waals surface area contributed by atoms with Crippen molar-refractivity contribution in [3.05, 3.63) is 23.1 Å². The van der Waals surface area contributed by atoms with Gasteiger partial charge in [0.2, 0.25) is 5.54 Å². The van der Waals surface area contributed by atoms with E-state index in [2.05, 4.69) is 38.6 Å². The Morgan fingerprint density at radius 1 is 1.18 bits per heavy atom. The van der Waals surface area contributed by atoms with E-state index in [9.17, 15) is 0 Å². The monoisotopic (exact) mass is 297 g/mol. The number of hydrogen-bond donors (Lipinski definition) is 0. The molecule has 4 aliphatic rings. The Bertz CT molecular complexity index is 551. The third kappa shape index (κ3) is 1.95. The van der Waals surface area contributed by atoms with Gasteiger partial charge >= 0.3 is 0 Å². The van der Waals surface area contributed by atoms with Crippen LogP contribution >= 0.6 is 0 Å². The molecule has 0 bridgehead atoms. The van der Waals surface area contributed by atoms with Crippen molar-refractivity contribution >= 4 is 0 Å². The maximum atomic E-state index is 7.81. The van der Waals surface area contributed by atoms with Crippen LogP contribution in [0.3, 0.4) is 0 Å². The minimum atomic E-state index is -0.0682. The number of nitrogens with zero attached hydrogens (tertiary/aromatic N) is 1.